The van der Waals surface area contributed by atoms with E-state index < -0.39 is 6.43 Å². The van der Waals surface area contributed by atoms with Crippen molar-refractivity contribution in [1.82, 2.24) is 5.32 Å². The second-order valence-corrected chi connectivity index (χ2v) is 2.84. The zero-order chi connectivity index (χ0) is 8.69. The van der Waals surface area contributed by atoms with E-state index in [1.165, 1.54) is 0 Å². The first-order chi connectivity index (χ1) is 5.16. The van der Waals surface area contributed by atoms with Crippen LogP contribution in [0.15, 0.2) is 0 Å². The third-order valence-electron chi connectivity index (χ3n) is 1.61. The van der Waals surface area contributed by atoms with Crippen molar-refractivity contribution in [2.24, 2.45) is 0 Å². The van der Waals surface area contributed by atoms with Gasteiger partial charge in [-0.05, 0) is 13.3 Å². The molecule has 1 nitrogen and oxygen atoms in total. The third-order valence-corrected chi connectivity index (χ3v) is 1.61. The maximum absolute atomic E-state index is 11.7. The molecule has 1 N–H and O–H groups in total. The summed E-state index contributed by atoms with van der Waals surface area (Å²) in [6.07, 6.45) is 1.00. The van der Waals surface area contributed by atoms with Crippen LogP contribution in [0.4, 0.5) is 8.78 Å². The van der Waals surface area contributed by atoms with Gasteiger partial charge in [0.25, 0.3) is 6.43 Å². The molecule has 0 aliphatic heterocycles. The van der Waals surface area contributed by atoms with E-state index in [0.29, 0.717) is 0 Å². The Balaban J connectivity index is 3.15. The first-order valence-corrected chi connectivity index (χ1v) is 4.18. The first-order valence-electron chi connectivity index (χ1n) is 4.18. The molecule has 0 aromatic carbocycles. The number of rotatable bonds is 6. The van der Waals surface area contributed by atoms with Gasteiger partial charge in [0, 0.05) is 6.04 Å². The van der Waals surface area contributed by atoms with Gasteiger partial charge in [0.2, 0.25) is 0 Å². The highest BCUT2D eigenvalue weighted by Gasteiger charge is 2.04. The van der Waals surface area contributed by atoms with Gasteiger partial charge in [-0.25, -0.2) is 8.78 Å². The van der Waals surface area contributed by atoms with E-state index in [1.54, 1.807) is 0 Å². The Kier molecular flexibility index (Phi) is 6.42. The molecule has 0 fully saturated rings. The van der Waals surface area contributed by atoms with E-state index >= 15 is 0 Å². The first kappa shape index (κ1) is 10.8. The lowest BCUT2D eigenvalue weighted by molar-refractivity contribution is 0.141. The lowest BCUT2D eigenvalue weighted by Gasteiger charge is -2.11. The van der Waals surface area contributed by atoms with Crippen LogP contribution >= 0.6 is 0 Å². The number of hydrogen-bond acceptors (Lipinski definition) is 1. The molecule has 0 aliphatic rings. The van der Waals surface area contributed by atoms with Crippen LogP contribution in [0.1, 0.15) is 33.1 Å². The van der Waals surface area contributed by atoms with Crippen LogP contribution in [0.2, 0.25) is 0 Å². The minimum atomic E-state index is -2.22. The molecule has 0 aromatic heterocycles. The fourth-order valence-corrected chi connectivity index (χ4v) is 0.903. The van der Waals surface area contributed by atoms with Gasteiger partial charge in [-0.1, -0.05) is 19.8 Å². The molecule has 0 saturated heterocycles. The highest BCUT2D eigenvalue weighted by atomic mass is 19.3. The smallest absolute Gasteiger partial charge is 0.250 e. The zero-order valence-electron chi connectivity index (χ0n) is 7.24. The fourth-order valence-electron chi connectivity index (χ4n) is 0.903. The number of hydrogen-bond donors (Lipinski definition) is 1. The Morgan fingerprint density at radius 3 is 2.45 bits per heavy atom. The number of alkyl halides is 2. The molecule has 68 valence electrons. The van der Waals surface area contributed by atoms with Crippen molar-refractivity contribution in [3.05, 3.63) is 0 Å². The minimum absolute atomic E-state index is 0.176. The van der Waals surface area contributed by atoms with Crippen LogP contribution in [0, 0.1) is 0 Å². The van der Waals surface area contributed by atoms with Crippen LogP contribution in [0.5, 0.6) is 0 Å². The van der Waals surface area contributed by atoms with Gasteiger partial charge in [-0.2, -0.15) is 0 Å². The molecule has 0 spiro atoms. The molecule has 0 radical (unpaired) electrons. The molecule has 0 bridgehead atoms. The largest absolute Gasteiger partial charge is 0.309 e. The molecule has 0 amide bonds. The summed E-state index contributed by atoms with van der Waals surface area (Å²) in [7, 11) is 0. The summed E-state index contributed by atoms with van der Waals surface area (Å²) in [5.74, 6) is 0. The molecule has 1 unspecified atom stereocenters. The summed E-state index contributed by atoms with van der Waals surface area (Å²) < 4.78 is 23.3. The van der Waals surface area contributed by atoms with Gasteiger partial charge < -0.3 is 5.32 Å². The van der Waals surface area contributed by atoms with Crippen LogP contribution in [-0.4, -0.2) is 19.0 Å². The summed E-state index contributed by atoms with van der Waals surface area (Å²) >= 11 is 0. The Morgan fingerprint density at radius 2 is 2.00 bits per heavy atom. The molecular weight excluding hydrogens is 148 g/mol. The van der Waals surface area contributed by atoms with Crippen molar-refractivity contribution in [2.45, 2.75) is 45.6 Å². The summed E-state index contributed by atoms with van der Waals surface area (Å²) in [5.41, 5.74) is 0. The molecule has 0 aromatic rings. The summed E-state index contributed by atoms with van der Waals surface area (Å²) in [5, 5.41) is 2.77. The van der Waals surface area contributed by atoms with Gasteiger partial charge >= 0.3 is 0 Å². The fraction of sp³-hybridized carbons (Fsp3) is 1.00. The Hall–Kier alpha value is -0.180. The Labute approximate surface area is 67.2 Å². The highest BCUT2D eigenvalue weighted by Crippen LogP contribution is 1.99. The van der Waals surface area contributed by atoms with Crippen molar-refractivity contribution in [2.75, 3.05) is 6.54 Å². The van der Waals surface area contributed by atoms with Gasteiger partial charge in [0.1, 0.15) is 0 Å². The average Bonchev–Trinajstić information content (AvgIpc) is 1.97. The van der Waals surface area contributed by atoms with Crippen molar-refractivity contribution >= 4 is 0 Å². The van der Waals surface area contributed by atoms with Gasteiger partial charge in [0.15, 0.2) is 0 Å². The number of nitrogens with one attached hydrogen (secondary N) is 1. The molecule has 0 heterocycles. The van der Waals surface area contributed by atoms with Crippen molar-refractivity contribution in [3.8, 4) is 0 Å². The van der Waals surface area contributed by atoms with Gasteiger partial charge in [-0.3, -0.25) is 0 Å². The maximum Gasteiger partial charge on any atom is 0.250 e. The number of halogens is 2. The maximum atomic E-state index is 11.7. The van der Waals surface area contributed by atoms with E-state index in [2.05, 4.69) is 12.2 Å². The summed E-state index contributed by atoms with van der Waals surface area (Å²) in [4.78, 5) is 0. The summed E-state index contributed by atoms with van der Waals surface area (Å²) in [6.45, 7) is 3.86. The second-order valence-electron chi connectivity index (χ2n) is 2.84. The van der Waals surface area contributed by atoms with Crippen LogP contribution < -0.4 is 5.32 Å². The van der Waals surface area contributed by atoms with Gasteiger partial charge in [-0.15, -0.1) is 0 Å². The Morgan fingerprint density at radius 1 is 1.36 bits per heavy atom. The molecule has 0 saturated carbocycles. The van der Waals surface area contributed by atoms with E-state index in [4.69, 9.17) is 0 Å². The molecular formula is C8H17F2N. The van der Waals surface area contributed by atoms with Crippen molar-refractivity contribution in [1.29, 1.82) is 0 Å². The lowest BCUT2D eigenvalue weighted by atomic mass is 10.1. The van der Waals surface area contributed by atoms with Crippen molar-refractivity contribution in [3.63, 3.8) is 0 Å². The van der Waals surface area contributed by atoms with Crippen LogP contribution in [-0.2, 0) is 0 Å². The predicted molar refractivity (Wildman–Crippen MR) is 43.0 cm³/mol. The molecule has 1 atom stereocenters. The third kappa shape index (κ3) is 7.72. The molecule has 0 aliphatic carbocycles. The van der Waals surface area contributed by atoms with E-state index in [-0.39, 0.29) is 12.6 Å². The molecule has 11 heavy (non-hydrogen) atoms. The van der Waals surface area contributed by atoms with Crippen LogP contribution in [0.3, 0.4) is 0 Å². The quantitative estimate of drug-likeness (QED) is 0.637. The highest BCUT2D eigenvalue weighted by molar-refractivity contribution is 4.60. The SMILES string of the molecule is CCCCC(C)NCC(F)F. The zero-order valence-corrected chi connectivity index (χ0v) is 7.24. The average molecular weight is 165 g/mol. The topological polar surface area (TPSA) is 12.0 Å². The predicted octanol–water partition coefficient (Wildman–Crippen LogP) is 2.42. The number of unbranched alkanes of at least 4 members (excludes halogenated alkanes) is 1. The molecule has 0 rings (SSSR count). The normalized spacial score (nSPS) is 13.9. The standard InChI is InChI=1S/C8H17F2N/c1-3-4-5-7(2)11-6-8(9)10/h7-8,11H,3-6H2,1-2H3. The summed E-state index contributed by atoms with van der Waals surface area (Å²) in [6, 6.07) is 0.226. The molecule has 3 heteroatoms. The lowest BCUT2D eigenvalue weighted by Crippen LogP contribution is -2.30. The van der Waals surface area contributed by atoms with Crippen LogP contribution in [0.25, 0.3) is 0 Å². The van der Waals surface area contributed by atoms with Crippen molar-refractivity contribution < 1.29 is 8.78 Å². The second kappa shape index (κ2) is 6.53. The Bertz CT molecular complexity index is 86.2. The van der Waals surface area contributed by atoms with E-state index in [9.17, 15) is 8.78 Å². The minimum Gasteiger partial charge on any atom is -0.309 e. The van der Waals surface area contributed by atoms with E-state index in [1.807, 2.05) is 6.92 Å². The van der Waals surface area contributed by atoms with E-state index in [0.717, 1.165) is 19.3 Å². The monoisotopic (exact) mass is 165 g/mol. The van der Waals surface area contributed by atoms with Gasteiger partial charge in [0.05, 0.1) is 6.54 Å².